The number of rotatable bonds is 2. The Morgan fingerprint density at radius 3 is 2.86 bits per heavy atom. The van der Waals surface area contributed by atoms with Crippen molar-refractivity contribution in [2.24, 2.45) is 7.05 Å². The summed E-state index contributed by atoms with van der Waals surface area (Å²) in [5.74, 6) is 1.29. The molecule has 2 aromatic rings. The molecule has 0 bridgehead atoms. The van der Waals surface area contributed by atoms with E-state index in [0.29, 0.717) is 16.8 Å². The van der Waals surface area contributed by atoms with E-state index in [0.717, 1.165) is 0 Å². The van der Waals surface area contributed by atoms with E-state index in [2.05, 4.69) is 20.4 Å². The van der Waals surface area contributed by atoms with E-state index in [1.807, 2.05) is 19.3 Å². The lowest BCUT2D eigenvalue weighted by atomic mass is 10.6. The van der Waals surface area contributed by atoms with Gasteiger partial charge >= 0.3 is 0 Å². The third-order valence-electron chi connectivity index (χ3n) is 1.57. The lowest BCUT2D eigenvalue weighted by molar-refractivity contribution is 0.771. The minimum Gasteiger partial charge on any atom is -0.322 e. The normalized spacial score (nSPS) is 10.1. The van der Waals surface area contributed by atoms with E-state index in [1.165, 1.54) is 6.20 Å². The summed E-state index contributed by atoms with van der Waals surface area (Å²) in [6.45, 7) is 0. The molecule has 14 heavy (non-hydrogen) atoms. The van der Waals surface area contributed by atoms with Gasteiger partial charge in [-0.1, -0.05) is 11.6 Å². The molecule has 0 fully saturated rings. The van der Waals surface area contributed by atoms with E-state index in [-0.39, 0.29) is 0 Å². The number of halogens is 1. The monoisotopic (exact) mass is 209 g/mol. The number of hydrogen-bond acceptors (Lipinski definition) is 4. The van der Waals surface area contributed by atoms with Crippen LogP contribution in [0.5, 0.6) is 0 Å². The summed E-state index contributed by atoms with van der Waals surface area (Å²) in [5, 5.41) is 7.46. The first-order valence-corrected chi connectivity index (χ1v) is 4.36. The zero-order valence-corrected chi connectivity index (χ0v) is 8.23. The molecular weight excluding hydrogens is 202 g/mol. The molecule has 0 unspecified atom stereocenters. The van der Waals surface area contributed by atoms with Crippen molar-refractivity contribution in [1.29, 1.82) is 0 Å². The van der Waals surface area contributed by atoms with Crippen LogP contribution >= 0.6 is 11.6 Å². The highest BCUT2D eigenvalue weighted by molar-refractivity contribution is 6.29. The minimum absolute atomic E-state index is 0.353. The van der Waals surface area contributed by atoms with Crippen LogP contribution in [0, 0.1) is 0 Å². The van der Waals surface area contributed by atoms with Crippen molar-refractivity contribution in [3.63, 3.8) is 0 Å². The Labute approximate surface area is 85.8 Å². The molecule has 0 aliphatic heterocycles. The Morgan fingerprint density at radius 1 is 1.36 bits per heavy atom. The molecule has 0 saturated heterocycles. The smallest absolute Gasteiger partial charge is 0.153 e. The van der Waals surface area contributed by atoms with Crippen LogP contribution in [0.25, 0.3) is 0 Å². The van der Waals surface area contributed by atoms with Gasteiger partial charge in [0.25, 0.3) is 0 Å². The average Bonchev–Trinajstić information content (AvgIpc) is 2.51. The third-order valence-corrected chi connectivity index (χ3v) is 1.76. The standard InChI is InChI=1S/C8H8ClN5/c1-14-3-2-7(13-14)12-8-5-10-4-6(9)11-8/h2-5H,1H3,(H,11,12,13). The van der Waals surface area contributed by atoms with Gasteiger partial charge in [-0.05, 0) is 0 Å². The second-order valence-electron chi connectivity index (χ2n) is 2.73. The number of aryl methyl sites for hydroxylation is 1. The molecule has 2 heterocycles. The molecule has 0 aliphatic rings. The number of hydrogen-bond donors (Lipinski definition) is 1. The van der Waals surface area contributed by atoms with E-state index in [4.69, 9.17) is 11.6 Å². The summed E-state index contributed by atoms with van der Waals surface area (Å²) >= 11 is 5.68. The van der Waals surface area contributed by atoms with Crippen molar-refractivity contribution in [1.82, 2.24) is 19.7 Å². The largest absolute Gasteiger partial charge is 0.322 e. The van der Waals surface area contributed by atoms with Crippen LogP contribution in [0.2, 0.25) is 5.15 Å². The molecule has 2 aromatic heterocycles. The molecule has 0 radical (unpaired) electrons. The second-order valence-corrected chi connectivity index (χ2v) is 3.11. The topological polar surface area (TPSA) is 55.6 Å². The zero-order valence-electron chi connectivity index (χ0n) is 7.48. The second kappa shape index (κ2) is 3.63. The summed E-state index contributed by atoms with van der Waals surface area (Å²) in [7, 11) is 1.84. The van der Waals surface area contributed by atoms with Gasteiger partial charge < -0.3 is 5.32 Å². The van der Waals surface area contributed by atoms with Crippen LogP contribution in [0.15, 0.2) is 24.7 Å². The maximum Gasteiger partial charge on any atom is 0.153 e. The van der Waals surface area contributed by atoms with Gasteiger partial charge in [-0.2, -0.15) is 5.10 Å². The maximum atomic E-state index is 5.68. The van der Waals surface area contributed by atoms with Gasteiger partial charge in [-0.15, -0.1) is 0 Å². The van der Waals surface area contributed by atoms with Crippen molar-refractivity contribution in [2.45, 2.75) is 0 Å². The molecule has 5 nitrogen and oxygen atoms in total. The Hall–Kier alpha value is -1.62. The fourth-order valence-corrected chi connectivity index (χ4v) is 1.16. The molecule has 0 spiro atoms. The lowest BCUT2D eigenvalue weighted by Crippen LogP contribution is -1.96. The molecule has 0 saturated carbocycles. The van der Waals surface area contributed by atoms with Gasteiger partial charge in [0.2, 0.25) is 0 Å². The molecule has 2 rings (SSSR count). The van der Waals surface area contributed by atoms with Gasteiger partial charge in [0.1, 0.15) is 5.15 Å². The highest BCUT2D eigenvalue weighted by Gasteiger charge is 1.99. The van der Waals surface area contributed by atoms with Crippen molar-refractivity contribution in [3.8, 4) is 0 Å². The Kier molecular flexibility index (Phi) is 2.32. The van der Waals surface area contributed by atoms with E-state index in [9.17, 15) is 0 Å². The Morgan fingerprint density at radius 2 is 2.21 bits per heavy atom. The summed E-state index contributed by atoms with van der Waals surface area (Å²) in [4.78, 5) is 7.92. The number of anilines is 2. The highest BCUT2D eigenvalue weighted by atomic mass is 35.5. The van der Waals surface area contributed by atoms with Crippen molar-refractivity contribution >= 4 is 23.2 Å². The summed E-state index contributed by atoms with van der Waals surface area (Å²) in [6, 6.07) is 1.84. The number of nitrogens with one attached hydrogen (secondary N) is 1. The predicted molar refractivity (Wildman–Crippen MR) is 53.5 cm³/mol. The van der Waals surface area contributed by atoms with Crippen LogP contribution in [-0.2, 0) is 7.05 Å². The van der Waals surface area contributed by atoms with Crippen LogP contribution < -0.4 is 5.32 Å². The fraction of sp³-hybridized carbons (Fsp3) is 0.125. The van der Waals surface area contributed by atoms with E-state index < -0.39 is 0 Å². The molecule has 1 N–H and O–H groups in total. The lowest BCUT2D eigenvalue weighted by Gasteiger charge is -2.00. The molecule has 0 atom stereocenters. The molecule has 6 heteroatoms. The van der Waals surface area contributed by atoms with Gasteiger partial charge in [0, 0.05) is 19.3 Å². The molecule has 0 aromatic carbocycles. The zero-order chi connectivity index (χ0) is 9.97. The van der Waals surface area contributed by atoms with E-state index in [1.54, 1.807) is 10.9 Å². The molecule has 0 aliphatic carbocycles. The summed E-state index contributed by atoms with van der Waals surface area (Å²) in [6.07, 6.45) is 4.89. The Balaban J connectivity index is 2.18. The fourth-order valence-electron chi connectivity index (χ4n) is 1.02. The van der Waals surface area contributed by atoms with Crippen LogP contribution in [0.1, 0.15) is 0 Å². The first kappa shape index (κ1) is 8.96. The quantitative estimate of drug-likeness (QED) is 0.817. The molecule has 72 valence electrons. The van der Waals surface area contributed by atoms with Gasteiger partial charge in [-0.3, -0.25) is 9.67 Å². The summed E-state index contributed by atoms with van der Waals surface area (Å²) in [5.41, 5.74) is 0. The third kappa shape index (κ3) is 2.00. The SMILES string of the molecule is Cn1ccc(Nc2cncc(Cl)n2)n1. The van der Waals surface area contributed by atoms with Crippen LogP contribution in [0.3, 0.4) is 0 Å². The Bertz CT molecular complexity index is 439. The van der Waals surface area contributed by atoms with Crippen molar-refractivity contribution in [3.05, 3.63) is 29.8 Å². The number of nitrogens with zero attached hydrogens (tertiary/aromatic N) is 4. The van der Waals surface area contributed by atoms with Gasteiger partial charge in [0.15, 0.2) is 11.6 Å². The molecular formula is C8H8ClN5. The van der Waals surface area contributed by atoms with Crippen LogP contribution in [-0.4, -0.2) is 19.7 Å². The van der Waals surface area contributed by atoms with E-state index >= 15 is 0 Å². The average molecular weight is 210 g/mol. The maximum absolute atomic E-state index is 5.68. The predicted octanol–water partition coefficient (Wildman–Crippen LogP) is 1.61. The van der Waals surface area contributed by atoms with Crippen LogP contribution in [0.4, 0.5) is 11.6 Å². The van der Waals surface area contributed by atoms with Crippen molar-refractivity contribution < 1.29 is 0 Å². The number of aromatic nitrogens is 4. The molecule has 0 amide bonds. The van der Waals surface area contributed by atoms with Crippen molar-refractivity contribution in [2.75, 3.05) is 5.32 Å². The van der Waals surface area contributed by atoms with Gasteiger partial charge in [0.05, 0.1) is 12.4 Å². The summed E-state index contributed by atoms with van der Waals surface area (Å²) < 4.78 is 1.69. The highest BCUT2D eigenvalue weighted by Crippen LogP contribution is 2.12. The first-order valence-electron chi connectivity index (χ1n) is 3.98. The minimum atomic E-state index is 0.353. The first-order chi connectivity index (χ1) is 6.74. The van der Waals surface area contributed by atoms with Gasteiger partial charge in [-0.25, -0.2) is 4.98 Å².